The molecule has 0 aliphatic heterocycles. The molecule has 35 heavy (non-hydrogen) atoms. The van der Waals surface area contributed by atoms with Crippen LogP contribution in [0.5, 0.6) is 0 Å². The average molecular weight is 522 g/mol. The van der Waals surface area contributed by atoms with Crippen molar-refractivity contribution in [1.82, 2.24) is 10.2 Å². The molecule has 0 fully saturated rings. The van der Waals surface area contributed by atoms with Gasteiger partial charge < -0.3 is 10.2 Å². The van der Waals surface area contributed by atoms with Gasteiger partial charge in [-0.3, -0.25) is 13.9 Å². The van der Waals surface area contributed by atoms with Gasteiger partial charge in [0.15, 0.2) is 0 Å². The summed E-state index contributed by atoms with van der Waals surface area (Å²) in [6.45, 7) is 6.22. The quantitative estimate of drug-likeness (QED) is 0.417. The maximum Gasteiger partial charge on any atom is 0.243 e. The van der Waals surface area contributed by atoms with Crippen LogP contribution in [0.1, 0.15) is 52.0 Å². The summed E-state index contributed by atoms with van der Waals surface area (Å²) in [6, 6.07) is 15.4. The first-order valence-electron chi connectivity index (χ1n) is 11.9. The van der Waals surface area contributed by atoms with Crippen molar-refractivity contribution in [2.75, 3.05) is 17.1 Å². The molecule has 2 aromatic carbocycles. The SMILES string of the molecule is CC[C@@H](C)NC(=O)[C@@H](CC)N(Cc1ccc(Cl)cc1)C(=O)CCCN(c1ccccc1)S(C)(=O)=O. The number of rotatable bonds is 13. The van der Waals surface area contributed by atoms with Crippen molar-refractivity contribution in [3.8, 4) is 0 Å². The molecule has 2 amide bonds. The topological polar surface area (TPSA) is 86.8 Å². The van der Waals surface area contributed by atoms with Gasteiger partial charge in [-0.1, -0.05) is 55.8 Å². The molecule has 0 unspecified atom stereocenters. The van der Waals surface area contributed by atoms with Crippen LogP contribution < -0.4 is 9.62 Å². The number of nitrogens with zero attached hydrogens (tertiary/aromatic N) is 2. The number of amides is 2. The second-order valence-electron chi connectivity index (χ2n) is 8.66. The lowest BCUT2D eigenvalue weighted by atomic mass is 10.1. The first-order chi connectivity index (χ1) is 16.6. The fourth-order valence-electron chi connectivity index (χ4n) is 3.75. The van der Waals surface area contributed by atoms with Crippen molar-refractivity contribution in [2.24, 2.45) is 0 Å². The summed E-state index contributed by atoms with van der Waals surface area (Å²) in [4.78, 5) is 28.0. The van der Waals surface area contributed by atoms with Crippen molar-refractivity contribution in [3.05, 3.63) is 65.2 Å². The van der Waals surface area contributed by atoms with E-state index in [1.54, 1.807) is 41.3 Å². The zero-order chi connectivity index (χ0) is 26.0. The number of hydrogen-bond donors (Lipinski definition) is 1. The third kappa shape index (κ3) is 8.85. The molecular weight excluding hydrogens is 486 g/mol. The zero-order valence-electron chi connectivity index (χ0n) is 20.9. The van der Waals surface area contributed by atoms with E-state index in [-0.39, 0.29) is 37.4 Å². The van der Waals surface area contributed by atoms with E-state index in [2.05, 4.69) is 5.32 Å². The second-order valence-corrected chi connectivity index (χ2v) is 11.0. The first kappa shape index (κ1) is 28.7. The minimum atomic E-state index is -3.51. The van der Waals surface area contributed by atoms with E-state index >= 15 is 0 Å². The number of hydrogen-bond acceptors (Lipinski definition) is 4. The number of nitrogens with one attached hydrogen (secondary N) is 1. The molecule has 7 nitrogen and oxygen atoms in total. The fraction of sp³-hybridized carbons (Fsp3) is 0.462. The van der Waals surface area contributed by atoms with Gasteiger partial charge >= 0.3 is 0 Å². The lowest BCUT2D eigenvalue weighted by Gasteiger charge is -2.32. The van der Waals surface area contributed by atoms with Gasteiger partial charge in [0.25, 0.3) is 0 Å². The Morgan fingerprint density at radius 2 is 1.63 bits per heavy atom. The number of sulfonamides is 1. The molecule has 0 aromatic heterocycles. The van der Waals surface area contributed by atoms with E-state index < -0.39 is 16.1 Å². The molecule has 192 valence electrons. The van der Waals surface area contributed by atoms with Crippen LogP contribution in [0.2, 0.25) is 5.02 Å². The summed E-state index contributed by atoms with van der Waals surface area (Å²) in [5, 5.41) is 3.58. The van der Waals surface area contributed by atoms with E-state index in [0.717, 1.165) is 18.2 Å². The highest BCUT2D eigenvalue weighted by molar-refractivity contribution is 7.92. The van der Waals surface area contributed by atoms with Gasteiger partial charge in [-0.25, -0.2) is 8.42 Å². The van der Waals surface area contributed by atoms with Crippen LogP contribution >= 0.6 is 11.6 Å². The van der Waals surface area contributed by atoms with Gasteiger partial charge in [0, 0.05) is 30.6 Å². The van der Waals surface area contributed by atoms with E-state index in [9.17, 15) is 18.0 Å². The Kier molecular flexibility index (Phi) is 11.0. The Morgan fingerprint density at radius 1 is 1.00 bits per heavy atom. The average Bonchev–Trinajstić information content (AvgIpc) is 2.82. The molecule has 0 aliphatic carbocycles. The molecule has 0 bridgehead atoms. The van der Waals surface area contributed by atoms with E-state index in [4.69, 9.17) is 11.6 Å². The molecule has 0 radical (unpaired) electrons. The van der Waals surface area contributed by atoms with Gasteiger partial charge in [0.1, 0.15) is 6.04 Å². The number of benzene rings is 2. The predicted octanol–water partition coefficient (Wildman–Crippen LogP) is 4.61. The van der Waals surface area contributed by atoms with Crippen molar-refractivity contribution in [3.63, 3.8) is 0 Å². The highest BCUT2D eigenvalue weighted by atomic mass is 35.5. The van der Waals surface area contributed by atoms with E-state index in [0.29, 0.717) is 23.6 Å². The molecule has 0 spiro atoms. The van der Waals surface area contributed by atoms with Crippen molar-refractivity contribution >= 4 is 39.1 Å². The summed E-state index contributed by atoms with van der Waals surface area (Å²) >= 11 is 6.01. The Morgan fingerprint density at radius 3 is 2.17 bits per heavy atom. The standard InChI is InChI=1S/C26H36ClN3O4S/c1-5-20(3)28-26(32)24(6-2)29(19-21-14-16-22(27)17-15-21)25(31)13-10-18-30(35(4,33)34)23-11-8-7-9-12-23/h7-9,11-12,14-17,20,24H,5-6,10,13,18-19H2,1-4H3,(H,28,32)/t20-,24-/m1/s1. The first-order valence-corrected chi connectivity index (χ1v) is 14.2. The summed E-state index contributed by atoms with van der Waals surface area (Å²) in [5.74, 6) is -0.390. The van der Waals surface area contributed by atoms with Crippen LogP contribution in [0, 0.1) is 0 Å². The van der Waals surface area contributed by atoms with Gasteiger partial charge in [0.2, 0.25) is 21.8 Å². The van der Waals surface area contributed by atoms with Crippen molar-refractivity contribution in [1.29, 1.82) is 0 Å². The highest BCUT2D eigenvalue weighted by Crippen LogP contribution is 2.20. The van der Waals surface area contributed by atoms with E-state index in [1.165, 1.54) is 4.31 Å². The number of carbonyl (C=O) groups is 2. The lowest BCUT2D eigenvalue weighted by Crippen LogP contribution is -2.50. The Hall–Kier alpha value is -2.58. The Balaban J connectivity index is 2.20. The predicted molar refractivity (Wildman–Crippen MR) is 142 cm³/mol. The maximum absolute atomic E-state index is 13.4. The molecule has 0 aliphatic rings. The monoisotopic (exact) mass is 521 g/mol. The molecule has 2 atom stereocenters. The molecular formula is C26H36ClN3O4S. The van der Waals surface area contributed by atoms with Crippen LogP contribution in [0.25, 0.3) is 0 Å². The molecule has 0 heterocycles. The van der Waals surface area contributed by atoms with Crippen LogP contribution in [-0.2, 0) is 26.2 Å². The molecule has 0 saturated heterocycles. The van der Waals surface area contributed by atoms with E-state index in [1.807, 2.05) is 39.0 Å². The number of carbonyl (C=O) groups excluding carboxylic acids is 2. The smallest absolute Gasteiger partial charge is 0.243 e. The van der Waals surface area contributed by atoms with Gasteiger partial charge in [0.05, 0.1) is 11.9 Å². The van der Waals surface area contributed by atoms with Crippen LogP contribution in [0.4, 0.5) is 5.69 Å². The number of anilines is 1. The maximum atomic E-state index is 13.4. The van der Waals surface area contributed by atoms with Gasteiger partial charge in [-0.15, -0.1) is 0 Å². The number of halogens is 1. The molecule has 2 aromatic rings. The minimum Gasteiger partial charge on any atom is -0.352 e. The van der Waals surface area contributed by atoms with Crippen molar-refractivity contribution in [2.45, 2.75) is 65.1 Å². The molecule has 1 N–H and O–H groups in total. The Labute approximate surface area is 214 Å². The largest absolute Gasteiger partial charge is 0.352 e. The van der Waals surface area contributed by atoms with Gasteiger partial charge in [-0.2, -0.15) is 0 Å². The van der Waals surface area contributed by atoms with Crippen molar-refractivity contribution < 1.29 is 18.0 Å². The summed E-state index contributed by atoms with van der Waals surface area (Å²) in [6.07, 6.45) is 2.83. The highest BCUT2D eigenvalue weighted by Gasteiger charge is 2.29. The summed E-state index contributed by atoms with van der Waals surface area (Å²) < 4.78 is 26.0. The third-order valence-corrected chi connectivity index (χ3v) is 7.30. The third-order valence-electron chi connectivity index (χ3n) is 5.85. The molecule has 9 heteroatoms. The second kappa shape index (κ2) is 13.5. The molecule has 2 rings (SSSR count). The van der Waals surface area contributed by atoms with Gasteiger partial charge in [-0.05, 0) is 56.0 Å². The lowest BCUT2D eigenvalue weighted by molar-refractivity contribution is -0.141. The minimum absolute atomic E-state index is 0.00164. The van der Waals surface area contributed by atoms with Crippen LogP contribution in [-0.4, -0.2) is 50.0 Å². The van der Waals surface area contributed by atoms with Crippen LogP contribution in [0.3, 0.4) is 0 Å². The zero-order valence-corrected chi connectivity index (χ0v) is 22.5. The number of para-hydroxylation sites is 1. The molecule has 0 saturated carbocycles. The normalized spacial score (nSPS) is 13.1. The van der Waals surface area contributed by atoms with Crippen LogP contribution in [0.15, 0.2) is 54.6 Å². The Bertz CT molecular complexity index is 1060. The summed E-state index contributed by atoms with van der Waals surface area (Å²) in [5.41, 5.74) is 1.42. The summed E-state index contributed by atoms with van der Waals surface area (Å²) in [7, 11) is -3.51. The fourth-order valence-corrected chi connectivity index (χ4v) is 4.84.